The minimum atomic E-state index is -4.75. The van der Waals surface area contributed by atoms with E-state index in [1.54, 1.807) is 11.4 Å². The van der Waals surface area contributed by atoms with Crippen LogP contribution in [-0.4, -0.2) is 7.11 Å². The first-order valence-electron chi connectivity index (χ1n) is 5.58. The van der Waals surface area contributed by atoms with E-state index in [0.29, 0.717) is 10.6 Å². The van der Waals surface area contributed by atoms with Crippen LogP contribution in [0.15, 0.2) is 29.6 Å². The largest absolute Gasteiger partial charge is 0.496 e. The van der Waals surface area contributed by atoms with Crippen LogP contribution < -0.4 is 10.5 Å². The summed E-state index contributed by atoms with van der Waals surface area (Å²) in [6.07, 6.45) is -4.75. The summed E-state index contributed by atoms with van der Waals surface area (Å²) in [6.45, 7) is 0. The summed E-state index contributed by atoms with van der Waals surface area (Å²) in [5.41, 5.74) is 4.80. The molecule has 2 aromatic rings. The fraction of sp³-hybridized carbons (Fsp3) is 0.231. The summed E-state index contributed by atoms with van der Waals surface area (Å²) in [4.78, 5) is 0.590. The second-order valence-corrected chi connectivity index (χ2v) is 5.02. The summed E-state index contributed by atoms with van der Waals surface area (Å²) in [6, 6.07) is 3.63. The van der Waals surface area contributed by atoms with Gasteiger partial charge in [-0.2, -0.15) is 13.2 Å². The third-order valence-corrected chi connectivity index (χ3v) is 3.80. The number of rotatable bonds is 3. The van der Waals surface area contributed by atoms with Gasteiger partial charge in [-0.25, -0.2) is 4.39 Å². The first-order chi connectivity index (χ1) is 9.34. The minimum absolute atomic E-state index is 0.180. The molecule has 1 unspecified atom stereocenters. The van der Waals surface area contributed by atoms with Crippen LogP contribution in [0, 0.1) is 5.82 Å². The lowest BCUT2D eigenvalue weighted by Gasteiger charge is -2.15. The van der Waals surface area contributed by atoms with Crippen molar-refractivity contribution in [3.63, 3.8) is 0 Å². The maximum atomic E-state index is 13.2. The lowest BCUT2D eigenvalue weighted by molar-refractivity contribution is -0.140. The smallest absolute Gasteiger partial charge is 0.419 e. The van der Waals surface area contributed by atoms with Gasteiger partial charge < -0.3 is 10.5 Å². The number of thiophene rings is 1. The molecule has 0 amide bonds. The van der Waals surface area contributed by atoms with Gasteiger partial charge in [0.2, 0.25) is 0 Å². The van der Waals surface area contributed by atoms with E-state index in [2.05, 4.69) is 0 Å². The van der Waals surface area contributed by atoms with Crippen LogP contribution in [0.1, 0.15) is 22.0 Å². The molecule has 1 aromatic heterocycles. The zero-order valence-corrected chi connectivity index (χ0v) is 11.2. The molecule has 0 aliphatic rings. The molecular weight excluding hydrogens is 294 g/mol. The molecule has 0 radical (unpaired) electrons. The predicted octanol–water partition coefficient (Wildman–Crippen LogP) is 3.96. The average Bonchev–Trinajstić information content (AvgIpc) is 2.85. The summed E-state index contributed by atoms with van der Waals surface area (Å²) >= 11 is 1.27. The molecule has 108 valence electrons. The van der Waals surface area contributed by atoms with Gasteiger partial charge in [0.1, 0.15) is 11.6 Å². The molecule has 0 saturated heterocycles. The monoisotopic (exact) mass is 305 g/mol. The van der Waals surface area contributed by atoms with E-state index in [0.717, 1.165) is 12.1 Å². The van der Waals surface area contributed by atoms with E-state index in [9.17, 15) is 17.6 Å². The fourth-order valence-electron chi connectivity index (χ4n) is 1.81. The second kappa shape index (κ2) is 5.41. The van der Waals surface area contributed by atoms with Crippen molar-refractivity contribution < 1.29 is 22.3 Å². The molecule has 0 aliphatic carbocycles. The summed E-state index contributed by atoms with van der Waals surface area (Å²) in [5.74, 6) is -0.813. The van der Waals surface area contributed by atoms with Crippen molar-refractivity contribution in [2.24, 2.45) is 5.73 Å². The highest BCUT2D eigenvalue weighted by atomic mass is 32.1. The Kier molecular flexibility index (Phi) is 4.01. The molecule has 0 aliphatic heterocycles. The van der Waals surface area contributed by atoms with Gasteiger partial charge in [-0.3, -0.25) is 0 Å². The van der Waals surface area contributed by atoms with Crippen LogP contribution in [0.25, 0.3) is 0 Å². The summed E-state index contributed by atoms with van der Waals surface area (Å²) < 4.78 is 56.3. The van der Waals surface area contributed by atoms with Crippen molar-refractivity contribution in [3.8, 4) is 5.75 Å². The Labute approximate surface area is 116 Å². The Morgan fingerprint density at radius 2 is 1.95 bits per heavy atom. The van der Waals surface area contributed by atoms with E-state index < -0.39 is 23.6 Å². The molecule has 0 spiro atoms. The molecule has 2 nitrogen and oxygen atoms in total. The van der Waals surface area contributed by atoms with Crippen LogP contribution in [-0.2, 0) is 6.18 Å². The Morgan fingerprint density at radius 3 is 2.55 bits per heavy atom. The topological polar surface area (TPSA) is 35.2 Å². The van der Waals surface area contributed by atoms with Gasteiger partial charge in [-0.1, -0.05) is 6.07 Å². The molecular formula is C13H11F4NOS. The van der Waals surface area contributed by atoms with E-state index in [1.165, 1.54) is 24.5 Å². The van der Waals surface area contributed by atoms with Crippen LogP contribution in [0.4, 0.5) is 17.6 Å². The molecule has 0 fully saturated rings. The zero-order chi connectivity index (χ0) is 14.9. The molecule has 1 aromatic carbocycles. The Balaban J connectivity index is 2.43. The normalized spacial score (nSPS) is 13.3. The van der Waals surface area contributed by atoms with Crippen molar-refractivity contribution in [3.05, 3.63) is 51.5 Å². The Hall–Kier alpha value is -1.60. The minimum Gasteiger partial charge on any atom is -0.496 e. The lowest BCUT2D eigenvalue weighted by Crippen LogP contribution is -2.14. The SMILES string of the molecule is COc1ccsc1C(N)c1ccc(F)c(C(F)(F)F)c1. The van der Waals surface area contributed by atoms with Crippen LogP contribution >= 0.6 is 11.3 Å². The van der Waals surface area contributed by atoms with Gasteiger partial charge in [0.25, 0.3) is 0 Å². The molecule has 1 heterocycles. The number of halogens is 4. The van der Waals surface area contributed by atoms with Crippen molar-refractivity contribution in [2.75, 3.05) is 7.11 Å². The van der Waals surface area contributed by atoms with Gasteiger partial charge in [0, 0.05) is 0 Å². The summed E-state index contributed by atoms with van der Waals surface area (Å²) in [7, 11) is 1.45. The van der Waals surface area contributed by atoms with Crippen LogP contribution in [0.3, 0.4) is 0 Å². The third kappa shape index (κ3) is 2.78. The van der Waals surface area contributed by atoms with E-state index in [-0.39, 0.29) is 5.56 Å². The van der Waals surface area contributed by atoms with Gasteiger partial charge in [0.15, 0.2) is 0 Å². The number of hydrogen-bond acceptors (Lipinski definition) is 3. The van der Waals surface area contributed by atoms with Crippen LogP contribution in [0.2, 0.25) is 0 Å². The molecule has 0 bridgehead atoms. The van der Waals surface area contributed by atoms with Crippen molar-refractivity contribution >= 4 is 11.3 Å². The van der Waals surface area contributed by atoms with Gasteiger partial charge >= 0.3 is 6.18 Å². The predicted molar refractivity (Wildman–Crippen MR) is 68.3 cm³/mol. The first-order valence-corrected chi connectivity index (χ1v) is 6.46. The van der Waals surface area contributed by atoms with Gasteiger partial charge in [-0.05, 0) is 29.1 Å². The number of methoxy groups -OCH3 is 1. The lowest BCUT2D eigenvalue weighted by atomic mass is 10.0. The number of hydrogen-bond donors (Lipinski definition) is 1. The first kappa shape index (κ1) is 14.8. The highest BCUT2D eigenvalue weighted by molar-refractivity contribution is 7.10. The highest BCUT2D eigenvalue weighted by Crippen LogP contribution is 2.37. The number of ether oxygens (including phenoxy) is 1. The maximum Gasteiger partial charge on any atom is 0.419 e. The van der Waals surface area contributed by atoms with Crippen molar-refractivity contribution in [2.45, 2.75) is 12.2 Å². The molecule has 1 atom stereocenters. The van der Waals surface area contributed by atoms with E-state index >= 15 is 0 Å². The highest BCUT2D eigenvalue weighted by Gasteiger charge is 2.34. The van der Waals surface area contributed by atoms with Gasteiger partial charge in [-0.15, -0.1) is 11.3 Å². The molecule has 0 saturated carbocycles. The number of alkyl halides is 3. The maximum absolute atomic E-state index is 13.2. The molecule has 2 rings (SSSR count). The molecule has 20 heavy (non-hydrogen) atoms. The van der Waals surface area contributed by atoms with E-state index in [1.807, 2.05) is 0 Å². The van der Waals surface area contributed by atoms with Gasteiger partial charge in [0.05, 0.1) is 23.6 Å². The quantitative estimate of drug-likeness (QED) is 0.871. The van der Waals surface area contributed by atoms with Crippen molar-refractivity contribution in [1.82, 2.24) is 0 Å². The molecule has 2 N–H and O–H groups in total. The van der Waals surface area contributed by atoms with Crippen molar-refractivity contribution in [1.29, 1.82) is 0 Å². The second-order valence-electron chi connectivity index (χ2n) is 4.07. The Morgan fingerprint density at radius 1 is 1.25 bits per heavy atom. The molecule has 7 heteroatoms. The third-order valence-electron chi connectivity index (χ3n) is 2.81. The number of nitrogens with two attached hydrogens (primary N) is 1. The average molecular weight is 305 g/mol. The van der Waals surface area contributed by atoms with Crippen LogP contribution in [0.5, 0.6) is 5.75 Å². The summed E-state index contributed by atoms with van der Waals surface area (Å²) in [5, 5.41) is 1.72. The Bertz CT molecular complexity index is 609. The number of benzene rings is 1. The zero-order valence-electron chi connectivity index (χ0n) is 10.4. The standard InChI is InChI=1S/C13H11F4NOS/c1-19-10-4-5-20-12(10)11(18)7-2-3-9(14)8(6-7)13(15,16)17/h2-6,11H,18H2,1H3. The fourth-order valence-corrected chi connectivity index (χ4v) is 2.70. The van der Waals surface area contributed by atoms with E-state index in [4.69, 9.17) is 10.5 Å².